The van der Waals surface area contributed by atoms with E-state index in [1.165, 1.54) is 0 Å². The largest absolute Gasteiger partial charge is 0.466 e. The molecule has 0 radical (unpaired) electrons. The van der Waals surface area contributed by atoms with Crippen molar-refractivity contribution in [3.05, 3.63) is 10.4 Å². The topological polar surface area (TPSA) is 98.8 Å². The molecule has 0 heterocycles. The van der Waals surface area contributed by atoms with Crippen molar-refractivity contribution in [1.82, 2.24) is 5.32 Å². The molecule has 0 aliphatic heterocycles. The van der Waals surface area contributed by atoms with Gasteiger partial charge in [-0.05, 0) is 33.8 Å². The minimum absolute atomic E-state index is 0.168. The SMILES string of the molecule is CCOC(=O)C[C@@H](/C=C(\Cl)S(C)(=O)=O)NC(=O)OC(C)(C)C. The molecule has 128 valence electrons. The molecule has 1 atom stereocenters. The lowest BCUT2D eigenvalue weighted by molar-refractivity contribution is -0.143. The minimum Gasteiger partial charge on any atom is -0.466 e. The van der Waals surface area contributed by atoms with Gasteiger partial charge in [0.25, 0.3) is 0 Å². The Morgan fingerprint density at radius 3 is 2.27 bits per heavy atom. The van der Waals surface area contributed by atoms with Crippen LogP contribution in [0.2, 0.25) is 0 Å². The van der Waals surface area contributed by atoms with E-state index < -0.39 is 37.9 Å². The summed E-state index contributed by atoms with van der Waals surface area (Å²) in [7, 11) is -3.63. The van der Waals surface area contributed by atoms with E-state index in [0.717, 1.165) is 12.3 Å². The maximum absolute atomic E-state index is 11.7. The summed E-state index contributed by atoms with van der Waals surface area (Å²) in [6, 6.07) is -0.962. The quantitative estimate of drug-likeness (QED) is 0.731. The van der Waals surface area contributed by atoms with Crippen molar-refractivity contribution in [2.75, 3.05) is 12.9 Å². The van der Waals surface area contributed by atoms with Crippen LogP contribution in [-0.4, -0.2) is 45.0 Å². The number of carbonyl (C=O) groups excluding carboxylic acids is 2. The zero-order chi connectivity index (χ0) is 17.6. The molecule has 22 heavy (non-hydrogen) atoms. The lowest BCUT2D eigenvalue weighted by atomic mass is 10.2. The smallest absolute Gasteiger partial charge is 0.408 e. The Balaban J connectivity index is 5.10. The number of halogens is 1. The second-order valence-electron chi connectivity index (χ2n) is 5.50. The first-order valence-electron chi connectivity index (χ1n) is 6.57. The third-order valence-corrected chi connectivity index (χ3v) is 3.89. The summed E-state index contributed by atoms with van der Waals surface area (Å²) in [5.41, 5.74) is -0.733. The Hall–Kier alpha value is -1.28. The molecule has 0 aromatic carbocycles. The van der Waals surface area contributed by atoms with Gasteiger partial charge in [-0.15, -0.1) is 0 Å². The summed E-state index contributed by atoms with van der Waals surface area (Å²) in [5, 5.41) is 2.38. The van der Waals surface area contributed by atoms with E-state index in [1.807, 2.05) is 0 Å². The summed E-state index contributed by atoms with van der Waals surface area (Å²) in [5.74, 6) is -0.599. The van der Waals surface area contributed by atoms with Gasteiger partial charge in [0.2, 0.25) is 0 Å². The van der Waals surface area contributed by atoms with Crippen LogP contribution in [0.25, 0.3) is 0 Å². The Labute approximate surface area is 135 Å². The Morgan fingerprint density at radius 2 is 1.86 bits per heavy atom. The van der Waals surface area contributed by atoms with Crippen LogP contribution < -0.4 is 5.32 Å². The molecule has 0 aliphatic carbocycles. The highest BCUT2D eigenvalue weighted by Gasteiger charge is 2.22. The minimum atomic E-state index is -3.63. The number of amides is 1. The van der Waals surface area contributed by atoms with Crippen LogP contribution in [0.3, 0.4) is 0 Å². The molecule has 9 heteroatoms. The summed E-state index contributed by atoms with van der Waals surface area (Å²) >= 11 is 5.66. The first kappa shape index (κ1) is 20.7. The van der Waals surface area contributed by atoms with Gasteiger partial charge >= 0.3 is 12.1 Å². The maximum atomic E-state index is 11.7. The second kappa shape index (κ2) is 8.38. The molecule has 0 aliphatic rings. The van der Waals surface area contributed by atoms with Crippen LogP contribution in [0.15, 0.2) is 10.4 Å². The van der Waals surface area contributed by atoms with E-state index in [0.29, 0.717) is 0 Å². The third kappa shape index (κ3) is 9.62. The zero-order valence-corrected chi connectivity index (χ0v) is 14.9. The number of nitrogens with one attached hydrogen (secondary N) is 1. The van der Waals surface area contributed by atoms with Gasteiger partial charge in [0.05, 0.1) is 19.1 Å². The van der Waals surface area contributed by atoms with E-state index in [9.17, 15) is 18.0 Å². The van der Waals surface area contributed by atoms with E-state index >= 15 is 0 Å². The van der Waals surface area contributed by atoms with Crippen LogP contribution >= 0.6 is 11.6 Å². The van der Waals surface area contributed by atoms with Gasteiger partial charge in [0, 0.05) is 6.26 Å². The zero-order valence-electron chi connectivity index (χ0n) is 13.3. The van der Waals surface area contributed by atoms with Gasteiger partial charge in [0.15, 0.2) is 9.84 Å². The molecule has 0 saturated carbocycles. The van der Waals surface area contributed by atoms with Crippen molar-refractivity contribution < 1.29 is 27.5 Å². The number of rotatable bonds is 6. The highest BCUT2D eigenvalue weighted by Crippen LogP contribution is 2.13. The highest BCUT2D eigenvalue weighted by molar-refractivity contribution is 7.96. The average Bonchev–Trinajstić information content (AvgIpc) is 2.24. The van der Waals surface area contributed by atoms with Gasteiger partial charge in [-0.3, -0.25) is 4.79 Å². The number of alkyl carbamates (subject to hydrolysis) is 1. The Kier molecular flexibility index (Phi) is 7.89. The molecule has 0 aromatic rings. The van der Waals surface area contributed by atoms with Crippen molar-refractivity contribution in [3.8, 4) is 0 Å². The number of sulfone groups is 1. The molecule has 0 spiro atoms. The summed E-state index contributed by atoms with van der Waals surface area (Å²) < 4.78 is 32.0. The molecule has 7 nitrogen and oxygen atoms in total. The van der Waals surface area contributed by atoms with Gasteiger partial charge in [-0.25, -0.2) is 13.2 Å². The monoisotopic (exact) mass is 355 g/mol. The van der Waals surface area contributed by atoms with E-state index in [-0.39, 0.29) is 13.0 Å². The predicted octanol–water partition coefficient (Wildman–Crippen LogP) is 1.96. The molecule has 0 rings (SSSR count). The number of ether oxygens (including phenoxy) is 2. The molecule has 0 bridgehead atoms. The van der Waals surface area contributed by atoms with Crippen molar-refractivity contribution >= 4 is 33.5 Å². The van der Waals surface area contributed by atoms with Gasteiger partial charge in [0.1, 0.15) is 9.97 Å². The molecular formula is C13H22ClNO6S. The summed E-state index contributed by atoms with van der Waals surface area (Å²) in [6.07, 6.45) is 0.924. The first-order valence-corrected chi connectivity index (χ1v) is 8.84. The highest BCUT2D eigenvalue weighted by atomic mass is 35.5. The van der Waals surface area contributed by atoms with Crippen LogP contribution in [0, 0.1) is 0 Å². The fourth-order valence-corrected chi connectivity index (χ4v) is 1.86. The molecule has 0 fully saturated rings. The van der Waals surface area contributed by atoms with Crippen molar-refractivity contribution in [2.45, 2.75) is 45.8 Å². The van der Waals surface area contributed by atoms with Crippen LogP contribution in [0.5, 0.6) is 0 Å². The van der Waals surface area contributed by atoms with E-state index in [1.54, 1.807) is 27.7 Å². The number of hydrogen-bond acceptors (Lipinski definition) is 6. The average molecular weight is 356 g/mol. The van der Waals surface area contributed by atoms with Crippen molar-refractivity contribution in [2.24, 2.45) is 0 Å². The summed E-state index contributed by atoms with van der Waals surface area (Å²) in [4.78, 5) is 23.2. The predicted molar refractivity (Wildman–Crippen MR) is 83.2 cm³/mol. The fourth-order valence-electron chi connectivity index (χ4n) is 1.29. The lowest BCUT2D eigenvalue weighted by Crippen LogP contribution is -2.39. The van der Waals surface area contributed by atoms with Crippen LogP contribution in [0.1, 0.15) is 34.1 Å². The molecular weight excluding hydrogens is 334 g/mol. The van der Waals surface area contributed by atoms with Gasteiger partial charge in [-0.1, -0.05) is 11.6 Å². The molecule has 1 amide bonds. The van der Waals surface area contributed by atoms with Crippen molar-refractivity contribution in [1.29, 1.82) is 0 Å². The third-order valence-electron chi connectivity index (χ3n) is 2.08. The molecule has 0 aromatic heterocycles. The Morgan fingerprint density at radius 1 is 1.32 bits per heavy atom. The van der Waals surface area contributed by atoms with E-state index in [4.69, 9.17) is 21.1 Å². The first-order chi connectivity index (χ1) is 9.85. The molecule has 1 N–H and O–H groups in total. The molecule has 0 unspecified atom stereocenters. The number of carbonyl (C=O) groups is 2. The molecule has 0 saturated heterocycles. The van der Waals surface area contributed by atoms with Crippen LogP contribution in [-0.2, 0) is 24.1 Å². The normalized spacial score (nSPS) is 14.2. The number of esters is 1. The Bertz CT molecular complexity index is 535. The second-order valence-corrected chi connectivity index (χ2v) is 8.12. The standard InChI is InChI=1S/C13H22ClNO6S/c1-6-20-11(16)8-9(7-10(14)22(5,18)19)15-12(17)21-13(2,3)4/h7,9H,6,8H2,1-5H3,(H,15,17)/b10-7+/t9-/m1/s1. The van der Waals surface area contributed by atoms with Crippen LogP contribution in [0.4, 0.5) is 4.79 Å². The van der Waals surface area contributed by atoms with Crippen molar-refractivity contribution in [3.63, 3.8) is 0 Å². The fraction of sp³-hybridized carbons (Fsp3) is 0.692. The van der Waals surface area contributed by atoms with E-state index in [2.05, 4.69) is 5.32 Å². The lowest BCUT2D eigenvalue weighted by Gasteiger charge is -2.22. The van der Waals surface area contributed by atoms with Gasteiger partial charge < -0.3 is 14.8 Å². The van der Waals surface area contributed by atoms with Gasteiger partial charge in [-0.2, -0.15) is 0 Å². The summed E-state index contributed by atoms with van der Waals surface area (Å²) in [6.45, 7) is 6.82. The number of hydrogen-bond donors (Lipinski definition) is 1. The maximum Gasteiger partial charge on any atom is 0.408 e.